The van der Waals surface area contributed by atoms with Crippen LogP contribution >= 0.6 is 0 Å². The smallest absolute Gasteiger partial charge is 0.183 e. The predicted octanol–water partition coefficient (Wildman–Crippen LogP) is 3.00. The van der Waals surface area contributed by atoms with Crippen molar-refractivity contribution < 1.29 is 4.79 Å². The van der Waals surface area contributed by atoms with Gasteiger partial charge in [0.25, 0.3) is 0 Å². The molecule has 1 unspecified atom stereocenters. The van der Waals surface area contributed by atoms with Gasteiger partial charge in [0.2, 0.25) is 0 Å². The number of Topliss-reactive ketones (excluding diaryl/α,β-unsaturated/α-hetero) is 1. The molecule has 8 nitrogen and oxygen atoms in total. The fraction of sp³-hybridized carbons (Fsp3) is 0.269. The largest absolute Gasteiger partial charge is 0.326 e. The van der Waals surface area contributed by atoms with Crippen LogP contribution in [0.3, 0.4) is 0 Å². The van der Waals surface area contributed by atoms with Crippen LogP contribution in [-0.2, 0) is 19.6 Å². The standard InChI is InChI=1S/C26H29N7O/c1-31(2)16-25-28-10-11-32(25)20-8-6-19(7-9-20)22-13-24(34)26-23(15-29-22)30-17-33(26)21-5-3-4-18(12-21)14-27/h3-12,17,22,29H,13-16,27H2,1-2H3. The van der Waals surface area contributed by atoms with Crippen molar-refractivity contribution in [2.45, 2.75) is 32.1 Å². The van der Waals surface area contributed by atoms with Gasteiger partial charge in [0.1, 0.15) is 17.8 Å². The average Bonchev–Trinajstić information content (AvgIpc) is 3.45. The Labute approximate surface area is 199 Å². The van der Waals surface area contributed by atoms with Gasteiger partial charge in [0.15, 0.2) is 5.78 Å². The monoisotopic (exact) mass is 455 g/mol. The summed E-state index contributed by atoms with van der Waals surface area (Å²) in [6.45, 7) is 1.75. The molecule has 1 aliphatic heterocycles. The van der Waals surface area contributed by atoms with Gasteiger partial charge in [-0.3, -0.25) is 9.36 Å². The molecule has 0 saturated carbocycles. The van der Waals surface area contributed by atoms with Crippen LogP contribution < -0.4 is 11.1 Å². The van der Waals surface area contributed by atoms with Crippen LogP contribution in [0.2, 0.25) is 0 Å². The van der Waals surface area contributed by atoms with E-state index in [-0.39, 0.29) is 11.8 Å². The Balaban J connectivity index is 1.37. The summed E-state index contributed by atoms with van der Waals surface area (Å²) < 4.78 is 3.98. The third-order valence-electron chi connectivity index (χ3n) is 6.19. The van der Waals surface area contributed by atoms with Crippen LogP contribution in [-0.4, -0.2) is 43.9 Å². The first-order chi connectivity index (χ1) is 16.5. The molecule has 3 heterocycles. The maximum absolute atomic E-state index is 13.4. The number of aromatic nitrogens is 4. The zero-order valence-electron chi connectivity index (χ0n) is 19.5. The molecule has 174 valence electrons. The highest BCUT2D eigenvalue weighted by Crippen LogP contribution is 2.27. The van der Waals surface area contributed by atoms with Crippen molar-refractivity contribution in [3.63, 3.8) is 0 Å². The Morgan fingerprint density at radius 1 is 1.09 bits per heavy atom. The third kappa shape index (κ3) is 4.31. The SMILES string of the molecule is CN(C)Cc1nccn1-c1ccc(C2CC(=O)c3c(ncn3-c3cccc(CN)c3)CN2)cc1. The number of hydrogen-bond donors (Lipinski definition) is 2. The van der Waals surface area contributed by atoms with Gasteiger partial charge in [0.05, 0.1) is 12.2 Å². The van der Waals surface area contributed by atoms with Gasteiger partial charge in [-0.1, -0.05) is 24.3 Å². The van der Waals surface area contributed by atoms with Gasteiger partial charge < -0.3 is 20.5 Å². The van der Waals surface area contributed by atoms with E-state index in [2.05, 4.69) is 49.0 Å². The molecule has 0 radical (unpaired) electrons. The Morgan fingerprint density at radius 2 is 1.91 bits per heavy atom. The minimum atomic E-state index is -0.0800. The molecule has 8 heteroatoms. The molecular formula is C26H29N7O. The second kappa shape index (κ2) is 9.34. The zero-order valence-corrected chi connectivity index (χ0v) is 19.5. The molecule has 4 aromatic rings. The van der Waals surface area contributed by atoms with Crippen LogP contribution in [0.5, 0.6) is 0 Å². The van der Waals surface area contributed by atoms with E-state index < -0.39 is 0 Å². The highest BCUT2D eigenvalue weighted by atomic mass is 16.1. The number of rotatable bonds is 6. The zero-order chi connectivity index (χ0) is 23.7. The molecular weight excluding hydrogens is 426 g/mol. The van der Waals surface area contributed by atoms with E-state index in [1.165, 1.54) is 0 Å². The first kappa shape index (κ1) is 22.2. The van der Waals surface area contributed by atoms with Crippen LogP contribution in [0.15, 0.2) is 67.3 Å². The number of ketones is 1. The summed E-state index contributed by atoms with van der Waals surface area (Å²) in [5.74, 6) is 1.06. The average molecular weight is 456 g/mol. The van der Waals surface area contributed by atoms with Crippen LogP contribution in [0.1, 0.15) is 45.6 Å². The van der Waals surface area contributed by atoms with E-state index >= 15 is 0 Å². The second-order valence-corrected chi connectivity index (χ2v) is 8.89. The Hall–Kier alpha value is -3.59. The maximum Gasteiger partial charge on any atom is 0.183 e. The molecule has 0 saturated heterocycles. The minimum absolute atomic E-state index is 0.0765. The van der Waals surface area contributed by atoms with Gasteiger partial charge in [-0.2, -0.15) is 0 Å². The van der Waals surface area contributed by atoms with E-state index in [1.54, 1.807) is 6.33 Å². The van der Waals surface area contributed by atoms with Crippen molar-refractivity contribution in [3.8, 4) is 11.4 Å². The fourth-order valence-corrected chi connectivity index (χ4v) is 4.49. The van der Waals surface area contributed by atoms with Gasteiger partial charge in [-0.15, -0.1) is 0 Å². The molecule has 1 aliphatic rings. The number of nitrogens with one attached hydrogen (secondary N) is 1. The first-order valence-corrected chi connectivity index (χ1v) is 11.4. The summed E-state index contributed by atoms with van der Waals surface area (Å²) in [4.78, 5) is 24.5. The summed E-state index contributed by atoms with van der Waals surface area (Å²) in [5.41, 5.74) is 11.3. The van der Waals surface area contributed by atoms with Crippen molar-refractivity contribution in [2.24, 2.45) is 5.73 Å². The van der Waals surface area contributed by atoms with E-state index in [0.717, 1.165) is 40.6 Å². The van der Waals surface area contributed by atoms with E-state index in [1.807, 2.05) is 55.3 Å². The molecule has 34 heavy (non-hydrogen) atoms. The Bertz CT molecular complexity index is 1300. The number of carbonyl (C=O) groups excluding carboxylic acids is 1. The van der Waals surface area contributed by atoms with Crippen LogP contribution in [0.4, 0.5) is 0 Å². The number of fused-ring (bicyclic) bond motifs is 1. The second-order valence-electron chi connectivity index (χ2n) is 8.89. The minimum Gasteiger partial charge on any atom is -0.326 e. The quantitative estimate of drug-likeness (QED) is 0.464. The lowest BCUT2D eigenvalue weighted by Crippen LogP contribution is -2.20. The van der Waals surface area contributed by atoms with E-state index in [0.29, 0.717) is 25.2 Å². The molecule has 0 fully saturated rings. The molecule has 1 atom stereocenters. The first-order valence-electron chi connectivity index (χ1n) is 11.4. The molecule has 0 aliphatic carbocycles. The molecule has 0 spiro atoms. The number of imidazole rings is 2. The molecule has 0 bridgehead atoms. The molecule has 2 aromatic carbocycles. The van der Waals surface area contributed by atoms with E-state index in [9.17, 15) is 4.79 Å². The summed E-state index contributed by atoms with van der Waals surface area (Å²) in [6, 6.07) is 16.2. The number of benzene rings is 2. The van der Waals surface area contributed by atoms with Crippen molar-refractivity contribution in [3.05, 3.63) is 95.6 Å². The fourth-order valence-electron chi connectivity index (χ4n) is 4.49. The molecule has 2 aromatic heterocycles. The lowest BCUT2D eigenvalue weighted by Gasteiger charge is -2.17. The topological polar surface area (TPSA) is 94.0 Å². The summed E-state index contributed by atoms with van der Waals surface area (Å²) in [7, 11) is 4.06. The summed E-state index contributed by atoms with van der Waals surface area (Å²) in [6.07, 6.45) is 5.89. The number of nitrogens with two attached hydrogens (primary N) is 1. The van der Waals surface area contributed by atoms with E-state index in [4.69, 9.17) is 5.73 Å². The van der Waals surface area contributed by atoms with Crippen LogP contribution in [0, 0.1) is 0 Å². The van der Waals surface area contributed by atoms with Crippen molar-refractivity contribution >= 4 is 5.78 Å². The van der Waals surface area contributed by atoms with Gasteiger partial charge in [-0.25, -0.2) is 9.97 Å². The van der Waals surface area contributed by atoms with Crippen molar-refractivity contribution in [2.75, 3.05) is 14.1 Å². The number of carbonyl (C=O) groups is 1. The van der Waals surface area contributed by atoms with Gasteiger partial charge in [-0.05, 0) is 49.5 Å². The van der Waals surface area contributed by atoms with Crippen molar-refractivity contribution in [1.29, 1.82) is 0 Å². The Kier molecular flexibility index (Phi) is 6.10. The van der Waals surface area contributed by atoms with Gasteiger partial charge >= 0.3 is 0 Å². The third-order valence-corrected chi connectivity index (χ3v) is 6.19. The molecule has 0 amide bonds. The highest BCUT2D eigenvalue weighted by Gasteiger charge is 2.27. The molecule has 5 rings (SSSR count). The molecule has 3 N–H and O–H groups in total. The number of hydrogen-bond acceptors (Lipinski definition) is 6. The number of nitrogens with zero attached hydrogens (tertiary/aromatic N) is 5. The highest BCUT2D eigenvalue weighted by molar-refractivity contribution is 5.97. The predicted molar refractivity (Wildman–Crippen MR) is 131 cm³/mol. The van der Waals surface area contributed by atoms with Gasteiger partial charge in [0, 0.05) is 49.3 Å². The lowest BCUT2D eigenvalue weighted by atomic mass is 10.0. The summed E-state index contributed by atoms with van der Waals surface area (Å²) in [5, 5.41) is 3.52. The van der Waals surface area contributed by atoms with Crippen LogP contribution in [0.25, 0.3) is 11.4 Å². The normalized spacial score (nSPS) is 16.0. The maximum atomic E-state index is 13.4. The summed E-state index contributed by atoms with van der Waals surface area (Å²) >= 11 is 0. The Morgan fingerprint density at radius 3 is 2.68 bits per heavy atom. The van der Waals surface area contributed by atoms with Crippen molar-refractivity contribution in [1.82, 2.24) is 29.3 Å². The lowest BCUT2D eigenvalue weighted by molar-refractivity contribution is 0.0966.